The molecule has 2 fully saturated rings. The molecule has 2 heterocycles. The second kappa shape index (κ2) is 6.43. The molecule has 0 radical (unpaired) electrons. The number of likely N-dealkylation sites (tertiary alicyclic amines) is 1. The number of hydrogen-bond acceptors (Lipinski definition) is 3. The first-order chi connectivity index (χ1) is 11.1. The fourth-order valence-corrected chi connectivity index (χ4v) is 3.19. The molecule has 1 aromatic carbocycles. The lowest BCUT2D eigenvalue weighted by molar-refractivity contribution is -0.163. The van der Waals surface area contributed by atoms with E-state index in [9.17, 15) is 9.59 Å². The van der Waals surface area contributed by atoms with E-state index in [1.165, 1.54) is 0 Å². The highest BCUT2D eigenvalue weighted by atomic mass is 16.5. The van der Waals surface area contributed by atoms with E-state index in [0.29, 0.717) is 26.2 Å². The molecule has 0 N–H and O–H groups in total. The average molecular weight is 312 g/mol. The summed E-state index contributed by atoms with van der Waals surface area (Å²) in [7, 11) is 0. The van der Waals surface area contributed by atoms with Gasteiger partial charge in [0.1, 0.15) is 12.2 Å². The second-order valence-electron chi connectivity index (χ2n) is 6.06. The van der Waals surface area contributed by atoms with Crippen molar-refractivity contribution in [2.24, 2.45) is 0 Å². The minimum absolute atomic E-state index is 0.00222. The van der Waals surface area contributed by atoms with Gasteiger partial charge in [0.15, 0.2) is 0 Å². The van der Waals surface area contributed by atoms with Crippen molar-refractivity contribution in [1.82, 2.24) is 9.80 Å². The summed E-state index contributed by atoms with van der Waals surface area (Å²) in [5, 5.41) is 0. The van der Waals surface area contributed by atoms with E-state index in [2.05, 4.69) is 11.8 Å². The maximum Gasteiger partial charge on any atom is 0.298 e. The van der Waals surface area contributed by atoms with Gasteiger partial charge in [0.25, 0.3) is 5.91 Å². The molecule has 0 bridgehead atoms. The molecule has 0 saturated carbocycles. The van der Waals surface area contributed by atoms with Crippen LogP contribution >= 0.6 is 0 Å². The SMILES string of the molecule is CC#CC(=O)N1CCC2(C1)CN(Cc1ccccc1)C(=O)CO2. The van der Waals surface area contributed by atoms with Crippen LogP contribution in [0.3, 0.4) is 0 Å². The molecule has 0 aromatic heterocycles. The van der Waals surface area contributed by atoms with Gasteiger partial charge in [-0.25, -0.2) is 0 Å². The van der Waals surface area contributed by atoms with E-state index in [1.807, 2.05) is 35.2 Å². The molecule has 2 aliphatic heterocycles. The molecule has 5 nitrogen and oxygen atoms in total. The molecule has 2 amide bonds. The van der Waals surface area contributed by atoms with E-state index in [1.54, 1.807) is 11.8 Å². The van der Waals surface area contributed by atoms with Gasteiger partial charge in [-0.2, -0.15) is 0 Å². The van der Waals surface area contributed by atoms with Gasteiger partial charge in [0.05, 0.1) is 13.1 Å². The molecule has 120 valence electrons. The summed E-state index contributed by atoms with van der Waals surface area (Å²) in [6, 6.07) is 9.92. The smallest absolute Gasteiger partial charge is 0.298 e. The zero-order chi connectivity index (χ0) is 16.3. The zero-order valence-corrected chi connectivity index (χ0v) is 13.2. The highest BCUT2D eigenvalue weighted by Crippen LogP contribution is 2.30. The minimum atomic E-state index is -0.451. The summed E-state index contributed by atoms with van der Waals surface area (Å²) < 4.78 is 5.83. The van der Waals surface area contributed by atoms with E-state index in [4.69, 9.17) is 4.74 Å². The Bertz CT molecular complexity index is 662. The number of benzene rings is 1. The summed E-state index contributed by atoms with van der Waals surface area (Å²) in [4.78, 5) is 27.6. The Morgan fingerprint density at radius 3 is 2.83 bits per heavy atom. The van der Waals surface area contributed by atoms with Crippen LogP contribution in [0.25, 0.3) is 0 Å². The average Bonchev–Trinajstić information content (AvgIpc) is 2.97. The summed E-state index contributed by atoms with van der Waals surface area (Å²) in [6.45, 7) is 3.95. The van der Waals surface area contributed by atoms with Gasteiger partial charge in [-0.05, 0) is 24.8 Å². The standard InChI is InChI=1S/C18H20N2O3/c1-2-6-16(21)19-10-9-18(13-19)14-20(17(22)12-23-18)11-15-7-4-3-5-8-15/h3-5,7-8H,9-14H2,1H3. The zero-order valence-electron chi connectivity index (χ0n) is 13.2. The van der Waals surface area contributed by atoms with Crippen molar-refractivity contribution in [3.8, 4) is 11.8 Å². The summed E-state index contributed by atoms with van der Waals surface area (Å²) in [5.41, 5.74) is 0.647. The number of rotatable bonds is 2. The van der Waals surface area contributed by atoms with Crippen LogP contribution in [0.2, 0.25) is 0 Å². The van der Waals surface area contributed by atoms with Gasteiger partial charge >= 0.3 is 0 Å². The number of ether oxygens (including phenoxy) is 1. The monoisotopic (exact) mass is 312 g/mol. The van der Waals surface area contributed by atoms with Gasteiger partial charge in [0.2, 0.25) is 5.91 Å². The predicted octanol–water partition coefficient (Wildman–Crippen LogP) is 1.04. The van der Waals surface area contributed by atoms with Crippen molar-refractivity contribution in [2.45, 2.75) is 25.5 Å². The van der Waals surface area contributed by atoms with Crippen LogP contribution in [0.1, 0.15) is 18.9 Å². The molecule has 1 atom stereocenters. The molecule has 2 aliphatic rings. The number of carbonyl (C=O) groups excluding carboxylic acids is 2. The number of nitrogens with zero attached hydrogens (tertiary/aromatic N) is 2. The second-order valence-corrected chi connectivity index (χ2v) is 6.06. The summed E-state index contributed by atoms with van der Waals surface area (Å²) >= 11 is 0. The number of carbonyl (C=O) groups is 2. The number of amides is 2. The number of hydrogen-bond donors (Lipinski definition) is 0. The molecule has 5 heteroatoms. The Kier molecular flexibility index (Phi) is 4.35. The Morgan fingerprint density at radius 1 is 1.30 bits per heavy atom. The first-order valence-electron chi connectivity index (χ1n) is 7.79. The Hall–Kier alpha value is -2.32. The van der Waals surface area contributed by atoms with E-state index in [-0.39, 0.29) is 18.4 Å². The van der Waals surface area contributed by atoms with Crippen LogP contribution < -0.4 is 0 Å². The molecule has 2 saturated heterocycles. The third-order valence-electron chi connectivity index (χ3n) is 4.39. The maximum atomic E-state index is 12.2. The normalized spacial score (nSPS) is 23.8. The lowest BCUT2D eigenvalue weighted by atomic mass is 10.00. The van der Waals surface area contributed by atoms with Crippen LogP contribution in [0, 0.1) is 11.8 Å². The Balaban J connectivity index is 1.69. The molecular weight excluding hydrogens is 292 g/mol. The van der Waals surface area contributed by atoms with Crippen molar-refractivity contribution >= 4 is 11.8 Å². The van der Waals surface area contributed by atoms with E-state index >= 15 is 0 Å². The quantitative estimate of drug-likeness (QED) is 0.767. The molecule has 23 heavy (non-hydrogen) atoms. The number of morpholine rings is 1. The largest absolute Gasteiger partial charge is 0.361 e. The van der Waals surface area contributed by atoms with Crippen molar-refractivity contribution in [3.05, 3.63) is 35.9 Å². The topological polar surface area (TPSA) is 49.9 Å². The highest BCUT2D eigenvalue weighted by molar-refractivity contribution is 5.93. The van der Waals surface area contributed by atoms with Crippen molar-refractivity contribution < 1.29 is 14.3 Å². The third kappa shape index (κ3) is 3.38. The van der Waals surface area contributed by atoms with Crippen LogP contribution in [0.5, 0.6) is 0 Å². The molecule has 1 unspecified atom stereocenters. The van der Waals surface area contributed by atoms with Crippen LogP contribution in [-0.2, 0) is 20.9 Å². The molecule has 3 rings (SSSR count). The summed E-state index contributed by atoms with van der Waals surface area (Å²) in [5.74, 6) is 5.04. The van der Waals surface area contributed by atoms with Gasteiger partial charge in [0, 0.05) is 13.1 Å². The van der Waals surface area contributed by atoms with Crippen molar-refractivity contribution in [3.63, 3.8) is 0 Å². The lowest BCUT2D eigenvalue weighted by Gasteiger charge is -2.40. The van der Waals surface area contributed by atoms with Gasteiger partial charge in [-0.1, -0.05) is 36.3 Å². The Morgan fingerprint density at radius 2 is 2.09 bits per heavy atom. The molecular formula is C18H20N2O3. The van der Waals surface area contributed by atoms with Crippen molar-refractivity contribution in [1.29, 1.82) is 0 Å². The fourth-order valence-electron chi connectivity index (χ4n) is 3.19. The van der Waals surface area contributed by atoms with Crippen LogP contribution in [0.15, 0.2) is 30.3 Å². The van der Waals surface area contributed by atoms with Gasteiger partial charge in [-0.15, -0.1) is 0 Å². The highest BCUT2D eigenvalue weighted by Gasteiger charge is 2.46. The maximum absolute atomic E-state index is 12.2. The van der Waals surface area contributed by atoms with E-state index < -0.39 is 5.60 Å². The lowest BCUT2D eigenvalue weighted by Crippen LogP contribution is -2.55. The van der Waals surface area contributed by atoms with Crippen molar-refractivity contribution in [2.75, 3.05) is 26.2 Å². The third-order valence-corrected chi connectivity index (χ3v) is 4.39. The fraction of sp³-hybridized carbons (Fsp3) is 0.444. The summed E-state index contributed by atoms with van der Waals surface area (Å²) in [6.07, 6.45) is 0.739. The molecule has 0 aliphatic carbocycles. The first-order valence-corrected chi connectivity index (χ1v) is 7.79. The van der Waals surface area contributed by atoms with E-state index in [0.717, 1.165) is 12.0 Å². The minimum Gasteiger partial charge on any atom is -0.361 e. The van der Waals surface area contributed by atoms with Crippen LogP contribution in [0.4, 0.5) is 0 Å². The molecule has 1 aromatic rings. The first kappa shape index (κ1) is 15.6. The molecule has 1 spiro atoms. The predicted molar refractivity (Wildman–Crippen MR) is 85.2 cm³/mol. The van der Waals surface area contributed by atoms with Crippen LogP contribution in [-0.4, -0.2) is 53.5 Å². The Labute approximate surface area is 136 Å². The van der Waals surface area contributed by atoms with Gasteiger partial charge < -0.3 is 14.5 Å². The van der Waals surface area contributed by atoms with Gasteiger partial charge in [-0.3, -0.25) is 9.59 Å².